The van der Waals surface area contributed by atoms with E-state index in [4.69, 9.17) is 4.52 Å². The second kappa shape index (κ2) is 5.68. The molecule has 0 unspecified atom stereocenters. The molecule has 3 rings (SSSR count). The van der Waals surface area contributed by atoms with Gasteiger partial charge in [0.1, 0.15) is 0 Å². The van der Waals surface area contributed by atoms with Gasteiger partial charge in [-0.05, 0) is 17.5 Å². The van der Waals surface area contributed by atoms with Crippen LogP contribution in [0, 0.1) is 10.1 Å². The Hall–Kier alpha value is -2.80. The first-order valence-electron chi connectivity index (χ1n) is 6.02. The molecule has 3 aromatic rings. The number of aromatic nitrogens is 2. The molecule has 0 saturated carbocycles. The van der Waals surface area contributed by atoms with E-state index in [0.29, 0.717) is 17.3 Å². The number of nitrogens with zero attached hydrogens (tertiary/aromatic N) is 3. The van der Waals surface area contributed by atoms with Gasteiger partial charge in [0.2, 0.25) is 5.82 Å². The van der Waals surface area contributed by atoms with E-state index in [2.05, 4.69) is 10.1 Å². The lowest BCUT2D eigenvalue weighted by Crippen LogP contribution is -1.88. The highest BCUT2D eigenvalue weighted by Crippen LogP contribution is 2.22. The van der Waals surface area contributed by atoms with Gasteiger partial charge in [0.05, 0.1) is 4.92 Å². The summed E-state index contributed by atoms with van der Waals surface area (Å²) in [6, 6.07) is 10.0. The molecule has 0 fully saturated rings. The molecular formula is C14H9N3O3S. The number of rotatable bonds is 4. The number of benzene rings is 1. The Balaban J connectivity index is 1.84. The van der Waals surface area contributed by atoms with Crippen LogP contribution in [0.15, 0.2) is 46.3 Å². The van der Waals surface area contributed by atoms with Gasteiger partial charge in [-0.15, -0.1) is 11.3 Å². The molecule has 0 amide bonds. The average Bonchev–Trinajstić information content (AvgIpc) is 3.17. The molecule has 0 aliphatic heterocycles. The highest BCUT2D eigenvalue weighted by molar-refractivity contribution is 7.10. The van der Waals surface area contributed by atoms with Crippen molar-refractivity contribution in [2.45, 2.75) is 0 Å². The average molecular weight is 299 g/mol. The molecule has 0 N–H and O–H groups in total. The summed E-state index contributed by atoms with van der Waals surface area (Å²) in [5.74, 6) is 0.675. The van der Waals surface area contributed by atoms with Crippen molar-refractivity contribution in [2.75, 3.05) is 0 Å². The van der Waals surface area contributed by atoms with Gasteiger partial charge in [0.15, 0.2) is 0 Å². The van der Waals surface area contributed by atoms with Crippen molar-refractivity contribution in [1.29, 1.82) is 0 Å². The summed E-state index contributed by atoms with van der Waals surface area (Å²) in [6.07, 6.45) is 3.58. The Bertz CT molecular complexity index is 793. The molecule has 7 heteroatoms. The van der Waals surface area contributed by atoms with E-state index in [1.807, 2.05) is 23.6 Å². The molecular weight excluding hydrogens is 290 g/mol. The van der Waals surface area contributed by atoms with Crippen LogP contribution in [0.4, 0.5) is 5.69 Å². The molecule has 0 radical (unpaired) electrons. The van der Waals surface area contributed by atoms with E-state index in [-0.39, 0.29) is 5.69 Å². The fraction of sp³-hybridized carbons (Fsp3) is 0. The van der Waals surface area contributed by atoms with E-state index < -0.39 is 4.92 Å². The normalized spacial score (nSPS) is 11.0. The fourth-order valence-corrected chi connectivity index (χ4v) is 2.34. The third kappa shape index (κ3) is 3.03. The van der Waals surface area contributed by atoms with Crippen molar-refractivity contribution < 1.29 is 9.45 Å². The van der Waals surface area contributed by atoms with Gasteiger partial charge in [-0.1, -0.05) is 23.4 Å². The summed E-state index contributed by atoms with van der Waals surface area (Å²) < 4.78 is 5.10. The molecule has 6 nitrogen and oxygen atoms in total. The van der Waals surface area contributed by atoms with Crippen LogP contribution in [-0.4, -0.2) is 15.1 Å². The number of hydrogen-bond acceptors (Lipinski definition) is 6. The zero-order valence-corrected chi connectivity index (χ0v) is 11.5. The smallest absolute Gasteiger partial charge is 0.270 e. The lowest BCUT2D eigenvalue weighted by molar-refractivity contribution is -0.384. The molecule has 0 aliphatic carbocycles. The lowest BCUT2D eigenvalue weighted by atomic mass is 10.2. The Morgan fingerprint density at radius 1 is 1.24 bits per heavy atom. The molecule has 104 valence electrons. The molecule has 0 saturated heterocycles. The molecule has 2 aromatic heterocycles. The van der Waals surface area contributed by atoms with E-state index in [9.17, 15) is 10.1 Å². The largest absolute Gasteiger partial charge is 0.334 e. The van der Waals surface area contributed by atoms with E-state index >= 15 is 0 Å². The predicted molar refractivity (Wildman–Crippen MR) is 79.6 cm³/mol. The minimum Gasteiger partial charge on any atom is -0.334 e. The fourth-order valence-electron chi connectivity index (χ4n) is 1.72. The lowest BCUT2D eigenvalue weighted by Gasteiger charge is -1.93. The first-order chi connectivity index (χ1) is 10.2. The summed E-state index contributed by atoms with van der Waals surface area (Å²) in [6.45, 7) is 0. The maximum Gasteiger partial charge on any atom is 0.270 e. The minimum absolute atomic E-state index is 0.00650. The van der Waals surface area contributed by atoms with Gasteiger partial charge in [-0.25, -0.2) is 0 Å². The Morgan fingerprint density at radius 3 is 2.90 bits per heavy atom. The van der Waals surface area contributed by atoms with Crippen molar-refractivity contribution in [2.24, 2.45) is 0 Å². The number of thiophene rings is 1. The molecule has 2 heterocycles. The SMILES string of the molecule is O=[N+]([O-])c1cccc(-c2noc(C=Cc3cccs3)n2)c1. The van der Waals surface area contributed by atoms with Gasteiger partial charge in [0.25, 0.3) is 11.6 Å². The molecule has 0 atom stereocenters. The zero-order valence-electron chi connectivity index (χ0n) is 10.7. The van der Waals surface area contributed by atoms with Gasteiger partial charge < -0.3 is 4.52 Å². The number of nitro benzene ring substituents is 1. The Kier molecular flexibility index (Phi) is 3.57. The van der Waals surface area contributed by atoms with Crippen molar-refractivity contribution in [3.8, 4) is 11.4 Å². The zero-order chi connectivity index (χ0) is 14.7. The summed E-state index contributed by atoms with van der Waals surface area (Å²) >= 11 is 1.60. The summed E-state index contributed by atoms with van der Waals surface area (Å²) in [7, 11) is 0. The third-order valence-corrected chi connectivity index (χ3v) is 3.53. The maximum absolute atomic E-state index is 10.8. The summed E-state index contributed by atoms with van der Waals surface area (Å²) in [5.41, 5.74) is 0.539. The Morgan fingerprint density at radius 2 is 2.14 bits per heavy atom. The van der Waals surface area contributed by atoms with E-state index in [0.717, 1.165) is 4.88 Å². The second-order valence-corrected chi connectivity index (χ2v) is 5.09. The first kappa shape index (κ1) is 13.2. The van der Waals surface area contributed by atoms with Crippen molar-refractivity contribution in [3.05, 3.63) is 62.7 Å². The monoisotopic (exact) mass is 299 g/mol. The van der Waals surface area contributed by atoms with Gasteiger partial charge in [-0.3, -0.25) is 10.1 Å². The van der Waals surface area contributed by atoms with Crippen LogP contribution in [0.5, 0.6) is 0 Å². The summed E-state index contributed by atoms with van der Waals surface area (Å²) in [4.78, 5) is 15.6. The van der Waals surface area contributed by atoms with Gasteiger partial charge >= 0.3 is 0 Å². The molecule has 0 spiro atoms. The van der Waals surface area contributed by atoms with Gasteiger partial charge in [-0.2, -0.15) is 4.98 Å². The molecule has 0 aliphatic rings. The predicted octanol–water partition coefficient (Wildman–Crippen LogP) is 3.88. The highest BCUT2D eigenvalue weighted by Gasteiger charge is 2.11. The van der Waals surface area contributed by atoms with Crippen LogP contribution in [-0.2, 0) is 0 Å². The second-order valence-electron chi connectivity index (χ2n) is 4.11. The van der Waals surface area contributed by atoms with Crippen LogP contribution in [0.25, 0.3) is 23.5 Å². The van der Waals surface area contributed by atoms with Crippen LogP contribution in [0.3, 0.4) is 0 Å². The number of nitro groups is 1. The topological polar surface area (TPSA) is 82.1 Å². The highest BCUT2D eigenvalue weighted by atomic mass is 32.1. The van der Waals surface area contributed by atoms with Gasteiger partial charge in [0, 0.05) is 28.6 Å². The number of non-ortho nitro benzene ring substituents is 1. The Labute approximate surface area is 123 Å². The maximum atomic E-state index is 10.8. The molecule has 1 aromatic carbocycles. The van der Waals surface area contributed by atoms with E-state index in [1.54, 1.807) is 29.5 Å². The van der Waals surface area contributed by atoms with Crippen molar-refractivity contribution in [3.63, 3.8) is 0 Å². The summed E-state index contributed by atoms with van der Waals surface area (Å²) in [5, 5.41) is 16.6. The van der Waals surface area contributed by atoms with E-state index in [1.165, 1.54) is 12.1 Å². The van der Waals surface area contributed by atoms with Crippen LogP contribution < -0.4 is 0 Å². The molecule has 21 heavy (non-hydrogen) atoms. The quantitative estimate of drug-likeness (QED) is 0.539. The standard InChI is InChI=1S/C14H9N3O3S/c18-17(19)11-4-1-3-10(9-11)14-15-13(20-16-14)7-6-12-5-2-8-21-12/h1-9H. The van der Waals surface area contributed by atoms with Crippen LogP contribution in [0.2, 0.25) is 0 Å². The van der Waals surface area contributed by atoms with Crippen LogP contribution in [0.1, 0.15) is 10.8 Å². The van der Waals surface area contributed by atoms with Crippen LogP contribution >= 0.6 is 11.3 Å². The third-order valence-electron chi connectivity index (χ3n) is 2.69. The van der Waals surface area contributed by atoms with Crippen molar-refractivity contribution >= 4 is 29.2 Å². The van der Waals surface area contributed by atoms with Crippen molar-refractivity contribution in [1.82, 2.24) is 10.1 Å². The molecule has 0 bridgehead atoms. The minimum atomic E-state index is -0.457. The first-order valence-corrected chi connectivity index (χ1v) is 6.90. The number of hydrogen-bond donors (Lipinski definition) is 0.